The Kier molecular flexibility index (Phi) is 4.25. The molecule has 0 saturated carbocycles. The molecule has 14 heavy (non-hydrogen) atoms. The molecule has 1 aliphatic heterocycles. The van der Waals surface area contributed by atoms with Crippen molar-refractivity contribution in [3.8, 4) is 0 Å². The number of hydrogen-bond donors (Lipinski definition) is 1. The molecule has 4 nitrogen and oxygen atoms in total. The van der Waals surface area contributed by atoms with Crippen LogP contribution < -0.4 is 0 Å². The molecule has 1 aliphatic rings. The second-order valence-electron chi connectivity index (χ2n) is 3.50. The van der Waals surface area contributed by atoms with Crippen LogP contribution in [0.3, 0.4) is 0 Å². The van der Waals surface area contributed by atoms with Gasteiger partial charge in [-0.05, 0) is 18.6 Å². The molecule has 1 saturated heterocycles. The molecule has 1 N–H and O–H groups in total. The van der Waals surface area contributed by atoms with Gasteiger partial charge in [0.25, 0.3) is 0 Å². The van der Waals surface area contributed by atoms with Gasteiger partial charge in [0, 0.05) is 18.7 Å². The molecule has 0 aromatic rings. The Labute approximate surface area is 87.7 Å². The predicted molar refractivity (Wildman–Crippen MR) is 55.3 cm³/mol. The van der Waals surface area contributed by atoms with Crippen molar-refractivity contribution in [3.63, 3.8) is 0 Å². The van der Waals surface area contributed by atoms with Gasteiger partial charge in [-0.2, -0.15) is 11.8 Å². The Hall–Kier alpha value is -0.710. The molecule has 1 fully saturated rings. The van der Waals surface area contributed by atoms with Crippen LogP contribution in [0, 0.1) is 5.92 Å². The Morgan fingerprint density at radius 1 is 1.57 bits per heavy atom. The number of aliphatic carboxylic acids is 1. The molecule has 0 radical (unpaired) electrons. The molecule has 5 heteroatoms. The van der Waals surface area contributed by atoms with Gasteiger partial charge in [-0.1, -0.05) is 0 Å². The van der Waals surface area contributed by atoms with Gasteiger partial charge in [-0.15, -0.1) is 0 Å². The van der Waals surface area contributed by atoms with Crippen molar-refractivity contribution in [1.29, 1.82) is 0 Å². The van der Waals surface area contributed by atoms with Crippen molar-refractivity contribution in [2.75, 3.05) is 25.1 Å². The third kappa shape index (κ3) is 3.21. The molecular weight excluding hydrogens is 202 g/mol. The van der Waals surface area contributed by atoms with Gasteiger partial charge >= 0.3 is 5.97 Å². The Bertz CT molecular complexity index is 226. The first-order valence-corrected chi connectivity index (χ1v) is 5.81. The van der Waals surface area contributed by atoms with Gasteiger partial charge in [-0.25, -0.2) is 0 Å². The number of thioether (sulfide) groups is 1. The van der Waals surface area contributed by atoms with Gasteiger partial charge in [0.1, 0.15) is 6.54 Å². The highest BCUT2D eigenvalue weighted by Crippen LogP contribution is 2.23. The molecule has 1 atom stereocenters. The van der Waals surface area contributed by atoms with E-state index >= 15 is 0 Å². The Morgan fingerprint density at radius 2 is 2.29 bits per heavy atom. The molecule has 80 valence electrons. The molecular formula is C9H15NO3S. The van der Waals surface area contributed by atoms with Crippen LogP contribution in [-0.4, -0.2) is 47.0 Å². The largest absolute Gasteiger partial charge is 0.480 e. The van der Waals surface area contributed by atoms with E-state index in [1.165, 1.54) is 4.90 Å². The summed E-state index contributed by atoms with van der Waals surface area (Å²) in [6.07, 6.45) is 1.96. The number of likely N-dealkylation sites (N-methyl/N-ethyl adjacent to an activating group) is 1. The standard InChI is InChI=1S/C9H15NO3S/c1-10(5-8(11)12)9(13)7-3-2-4-14-6-7/h7H,2-6H2,1H3,(H,11,12). The zero-order valence-electron chi connectivity index (χ0n) is 8.23. The summed E-state index contributed by atoms with van der Waals surface area (Å²) >= 11 is 1.77. The minimum Gasteiger partial charge on any atom is -0.480 e. The van der Waals surface area contributed by atoms with Crippen LogP contribution in [0.15, 0.2) is 0 Å². The Balaban J connectivity index is 2.42. The van der Waals surface area contributed by atoms with Gasteiger partial charge < -0.3 is 10.0 Å². The number of carbonyl (C=O) groups is 2. The normalized spacial score (nSPS) is 21.6. The van der Waals surface area contributed by atoms with E-state index in [-0.39, 0.29) is 18.4 Å². The minimum atomic E-state index is -0.954. The highest BCUT2D eigenvalue weighted by molar-refractivity contribution is 7.99. The maximum atomic E-state index is 11.7. The van der Waals surface area contributed by atoms with Crippen LogP contribution in [-0.2, 0) is 9.59 Å². The summed E-state index contributed by atoms with van der Waals surface area (Å²) in [5.74, 6) is 0.997. The SMILES string of the molecule is CN(CC(=O)O)C(=O)C1CCCSC1. The molecule has 1 heterocycles. The summed E-state index contributed by atoms with van der Waals surface area (Å²) in [7, 11) is 1.55. The van der Waals surface area contributed by atoms with Crippen LogP contribution in [0.5, 0.6) is 0 Å². The molecule has 0 aliphatic carbocycles. The summed E-state index contributed by atoms with van der Waals surface area (Å²) in [4.78, 5) is 23.4. The van der Waals surface area contributed by atoms with E-state index in [0.717, 1.165) is 24.3 Å². The van der Waals surface area contributed by atoms with Crippen LogP contribution in [0.1, 0.15) is 12.8 Å². The first-order valence-electron chi connectivity index (χ1n) is 4.65. The van der Waals surface area contributed by atoms with Crippen molar-refractivity contribution in [3.05, 3.63) is 0 Å². The summed E-state index contributed by atoms with van der Waals surface area (Å²) in [5.41, 5.74) is 0. The zero-order valence-corrected chi connectivity index (χ0v) is 9.05. The van der Waals surface area contributed by atoms with E-state index in [1.54, 1.807) is 18.8 Å². The van der Waals surface area contributed by atoms with E-state index in [1.807, 2.05) is 0 Å². The summed E-state index contributed by atoms with van der Waals surface area (Å²) in [6.45, 7) is -0.194. The number of nitrogens with zero attached hydrogens (tertiary/aromatic N) is 1. The van der Waals surface area contributed by atoms with Gasteiger partial charge in [0.05, 0.1) is 0 Å². The van der Waals surface area contributed by atoms with Crippen molar-refractivity contribution < 1.29 is 14.7 Å². The number of rotatable bonds is 3. The number of amides is 1. The molecule has 0 aromatic heterocycles. The average molecular weight is 217 g/mol. The number of carboxylic acids is 1. The first kappa shape index (κ1) is 11.4. The summed E-state index contributed by atoms with van der Waals surface area (Å²) in [6, 6.07) is 0. The topological polar surface area (TPSA) is 57.6 Å². The lowest BCUT2D eigenvalue weighted by Gasteiger charge is -2.24. The van der Waals surface area contributed by atoms with Crippen LogP contribution in [0.4, 0.5) is 0 Å². The van der Waals surface area contributed by atoms with Crippen molar-refractivity contribution in [2.45, 2.75) is 12.8 Å². The van der Waals surface area contributed by atoms with Gasteiger partial charge in [0.2, 0.25) is 5.91 Å². The maximum Gasteiger partial charge on any atom is 0.323 e. The number of carbonyl (C=O) groups excluding carboxylic acids is 1. The summed E-state index contributed by atoms with van der Waals surface area (Å²) < 4.78 is 0. The lowest BCUT2D eigenvalue weighted by atomic mass is 10.0. The third-order valence-corrected chi connectivity index (χ3v) is 3.47. The predicted octanol–water partition coefficient (Wildman–Crippen LogP) is 0.673. The molecule has 1 amide bonds. The van der Waals surface area contributed by atoms with Gasteiger partial charge in [-0.3, -0.25) is 9.59 Å². The van der Waals surface area contributed by atoms with Crippen LogP contribution in [0.25, 0.3) is 0 Å². The molecule has 0 aromatic carbocycles. The molecule has 0 spiro atoms. The lowest BCUT2D eigenvalue weighted by Crippen LogP contribution is -2.38. The first-order chi connectivity index (χ1) is 6.61. The smallest absolute Gasteiger partial charge is 0.323 e. The molecule has 0 bridgehead atoms. The molecule has 1 unspecified atom stereocenters. The van der Waals surface area contributed by atoms with Crippen molar-refractivity contribution in [1.82, 2.24) is 4.90 Å². The fourth-order valence-electron chi connectivity index (χ4n) is 1.53. The fourth-order valence-corrected chi connectivity index (χ4v) is 2.66. The van der Waals surface area contributed by atoms with E-state index in [4.69, 9.17) is 5.11 Å². The Morgan fingerprint density at radius 3 is 2.79 bits per heavy atom. The second-order valence-corrected chi connectivity index (χ2v) is 4.65. The van der Waals surface area contributed by atoms with E-state index in [9.17, 15) is 9.59 Å². The third-order valence-electron chi connectivity index (χ3n) is 2.26. The van der Waals surface area contributed by atoms with Crippen molar-refractivity contribution >= 4 is 23.6 Å². The van der Waals surface area contributed by atoms with E-state index < -0.39 is 5.97 Å². The van der Waals surface area contributed by atoms with Crippen LogP contribution in [0.2, 0.25) is 0 Å². The van der Waals surface area contributed by atoms with E-state index in [2.05, 4.69) is 0 Å². The number of carboxylic acid groups (broad SMARTS) is 1. The van der Waals surface area contributed by atoms with Crippen LogP contribution >= 0.6 is 11.8 Å². The van der Waals surface area contributed by atoms with E-state index in [0.29, 0.717) is 0 Å². The quantitative estimate of drug-likeness (QED) is 0.755. The van der Waals surface area contributed by atoms with Gasteiger partial charge in [0.15, 0.2) is 0 Å². The van der Waals surface area contributed by atoms with Crippen molar-refractivity contribution in [2.24, 2.45) is 5.92 Å². The second kappa shape index (κ2) is 5.24. The number of hydrogen-bond acceptors (Lipinski definition) is 3. The zero-order chi connectivity index (χ0) is 10.6. The maximum absolute atomic E-state index is 11.7. The highest BCUT2D eigenvalue weighted by atomic mass is 32.2. The minimum absolute atomic E-state index is 0.0260. The average Bonchev–Trinajstić information content (AvgIpc) is 2.17. The molecule has 1 rings (SSSR count). The summed E-state index contributed by atoms with van der Waals surface area (Å²) in [5, 5.41) is 8.53. The monoisotopic (exact) mass is 217 g/mol. The lowest BCUT2D eigenvalue weighted by molar-refractivity contribution is -0.144. The fraction of sp³-hybridized carbons (Fsp3) is 0.778. The highest BCUT2D eigenvalue weighted by Gasteiger charge is 2.25.